The number of hydrogen-bond acceptors (Lipinski definition) is 3. The van der Waals surface area contributed by atoms with Gasteiger partial charge < -0.3 is 5.32 Å². The van der Waals surface area contributed by atoms with Gasteiger partial charge in [-0.05, 0) is 19.8 Å². The quantitative estimate of drug-likeness (QED) is 0.678. The normalized spacial score (nSPS) is 18.1. The van der Waals surface area contributed by atoms with Crippen molar-refractivity contribution in [3.8, 4) is 0 Å². The molecular weight excluding hydrogens is 178 g/mol. The second-order valence-electron chi connectivity index (χ2n) is 3.66. The van der Waals surface area contributed by atoms with E-state index in [4.69, 9.17) is 0 Å². The molecule has 1 saturated heterocycles. The lowest BCUT2D eigenvalue weighted by Gasteiger charge is -2.26. The van der Waals surface area contributed by atoms with Crippen molar-refractivity contribution >= 4 is 5.91 Å². The van der Waals surface area contributed by atoms with Gasteiger partial charge in [0.05, 0.1) is 0 Å². The van der Waals surface area contributed by atoms with Gasteiger partial charge in [0.15, 0.2) is 0 Å². The number of rotatable bonds is 5. The molecule has 4 heteroatoms. The van der Waals surface area contributed by atoms with Crippen LogP contribution in [0.25, 0.3) is 0 Å². The van der Waals surface area contributed by atoms with Crippen molar-refractivity contribution < 1.29 is 4.79 Å². The molecule has 0 aromatic carbocycles. The summed E-state index contributed by atoms with van der Waals surface area (Å²) in [4.78, 5) is 11.1. The van der Waals surface area contributed by atoms with Gasteiger partial charge in [-0.1, -0.05) is 6.42 Å². The Morgan fingerprint density at radius 2 is 2.00 bits per heavy atom. The van der Waals surface area contributed by atoms with E-state index in [2.05, 4.69) is 15.8 Å². The molecule has 1 rings (SSSR count). The maximum Gasteiger partial charge on any atom is 0.221 e. The van der Waals surface area contributed by atoms with Gasteiger partial charge in [0, 0.05) is 32.6 Å². The molecule has 1 fully saturated rings. The number of piperidine rings is 1. The molecule has 2 N–H and O–H groups in total. The van der Waals surface area contributed by atoms with Crippen molar-refractivity contribution in [3.05, 3.63) is 0 Å². The summed E-state index contributed by atoms with van der Waals surface area (Å²) in [7, 11) is 0. The van der Waals surface area contributed by atoms with Gasteiger partial charge in [-0.2, -0.15) is 0 Å². The standard InChI is InChI=1S/C10H21N3O/c1-2-11-10(14)6-7-12-13-8-4-3-5-9-13/h12H,2-9H2,1H3,(H,11,14). The molecule has 1 amide bonds. The predicted molar refractivity (Wildman–Crippen MR) is 56.7 cm³/mol. The lowest BCUT2D eigenvalue weighted by atomic mass is 10.2. The fourth-order valence-corrected chi connectivity index (χ4v) is 1.67. The molecule has 0 aromatic rings. The van der Waals surface area contributed by atoms with Crippen LogP contribution >= 0.6 is 0 Å². The number of hydrazine groups is 1. The van der Waals surface area contributed by atoms with Crippen LogP contribution in [-0.2, 0) is 4.79 Å². The molecule has 1 heterocycles. The first-order chi connectivity index (χ1) is 6.83. The summed E-state index contributed by atoms with van der Waals surface area (Å²) in [5, 5.41) is 5.01. The second-order valence-corrected chi connectivity index (χ2v) is 3.66. The Hall–Kier alpha value is -0.610. The van der Waals surface area contributed by atoms with Crippen LogP contribution in [0.1, 0.15) is 32.6 Å². The third kappa shape index (κ3) is 4.58. The zero-order valence-corrected chi connectivity index (χ0v) is 9.01. The molecule has 0 aliphatic carbocycles. The summed E-state index contributed by atoms with van der Waals surface area (Å²) in [6, 6.07) is 0. The Morgan fingerprint density at radius 1 is 1.29 bits per heavy atom. The van der Waals surface area contributed by atoms with E-state index in [1.54, 1.807) is 0 Å². The minimum absolute atomic E-state index is 0.136. The lowest BCUT2D eigenvalue weighted by molar-refractivity contribution is -0.121. The van der Waals surface area contributed by atoms with Gasteiger partial charge in [-0.15, -0.1) is 0 Å². The highest BCUT2D eigenvalue weighted by Gasteiger charge is 2.09. The van der Waals surface area contributed by atoms with Crippen LogP contribution in [0, 0.1) is 0 Å². The van der Waals surface area contributed by atoms with E-state index >= 15 is 0 Å². The molecule has 1 aliphatic heterocycles. The molecule has 0 atom stereocenters. The fourth-order valence-electron chi connectivity index (χ4n) is 1.67. The second kappa shape index (κ2) is 6.79. The largest absolute Gasteiger partial charge is 0.356 e. The molecule has 0 bridgehead atoms. The molecule has 0 saturated carbocycles. The zero-order chi connectivity index (χ0) is 10.2. The number of carbonyl (C=O) groups is 1. The van der Waals surface area contributed by atoms with Crippen LogP contribution in [0.4, 0.5) is 0 Å². The SMILES string of the molecule is CCNC(=O)CCNN1CCCCC1. The molecule has 0 aromatic heterocycles. The predicted octanol–water partition coefficient (Wildman–Crippen LogP) is 0.503. The monoisotopic (exact) mass is 199 g/mol. The van der Waals surface area contributed by atoms with Crippen LogP contribution in [0.5, 0.6) is 0 Å². The maximum atomic E-state index is 11.1. The smallest absolute Gasteiger partial charge is 0.221 e. The Bertz CT molecular complexity index is 167. The maximum absolute atomic E-state index is 11.1. The van der Waals surface area contributed by atoms with Crippen LogP contribution in [0.3, 0.4) is 0 Å². The first kappa shape index (κ1) is 11.5. The molecule has 1 aliphatic rings. The minimum atomic E-state index is 0.136. The van der Waals surface area contributed by atoms with Gasteiger partial charge in [-0.3, -0.25) is 10.2 Å². The topological polar surface area (TPSA) is 44.4 Å². The molecule has 0 radical (unpaired) electrons. The average Bonchev–Trinajstić information content (AvgIpc) is 2.20. The van der Waals surface area contributed by atoms with Crippen molar-refractivity contribution in [2.75, 3.05) is 26.2 Å². The van der Waals surface area contributed by atoms with Crippen LogP contribution in [0.15, 0.2) is 0 Å². The van der Waals surface area contributed by atoms with E-state index < -0.39 is 0 Å². The molecule has 0 unspecified atom stereocenters. The highest BCUT2D eigenvalue weighted by atomic mass is 16.1. The molecular formula is C10H21N3O. The minimum Gasteiger partial charge on any atom is -0.356 e. The third-order valence-electron chi connectivity index (χ3n) is 2.42. The van der Waals surface area contributed by atoms with Gasteiger partial charge in [-0.25, -0.2) is 5.01 Å². The molecule has 14 heavy (non-hydrogen) atoms. The van der Waals surface area contributed by atoms with Crippen molar-refractivity contribution in [1.29, 1.82) is 0 Å². The number of nitrogens with one attached hydrogen (secondary N) is 2. The molecule has 4 nitrogen and oxygen atoms in total. The Balaban J connectivity index is 1.99. The van der Waals surface area contributed by atoms with Gasteiger partial charge in [0.25, 0.3) is 0 Å². The summed E-state index contributed by atoms with van der Waals surface area (Å²) >= 11 is 0. The summed E-state index contributed by atoms with van der Waals surface area (Å²) in [5.41, 5.74) is 3.28. The highest BCUT2D eigenvalue weighted by molar-refractivity contribution is 5.75. The van der Waals surface area contributed by atoms with E-state index in [0.29, 0.717) is 6.42 Å². The lowest BCUT2D eigenvalue weighted by Crippen LogP contribution is -2.43. The third-order valence-corrected chi connectivity index (χ3v) is 2.42. The Morgan fingerprint density at radius 3 is 2.64 bits per heavy atom. The van der Waals surface area contributed by atoms with Gasteiger partial charge >= 0.3 is 0 Å². The number of hydrogen-bond donors (Lipinski definition) is 2. The van der Waals surface area contributed by atoms with Crippen LogP contribution in [-0.4, -0.2) is 37.1 Å². The van der Waals surface area contributed by atoms with Gasteiger partial charge in [0.1, 0.15) is 0 Å². The fraction of sp³-hybridized carbons (Fsp3) is 0.900. The van der Waals surface area contributed by atoms with Crippen molar-refractivity contribution in [2.24, 2.45) is 0 Å². The van der Waals surface area contributed by atoms with Crippen molar-refractivity contribution in [1.82, 2.24) is 15.8 Å². The zero-order valence-electron chi connectivity index (χ0n) is 9.01. The van der Waals surface area contributed by atoms with E-state index in [1.165, 1.54) is 19.3 Å². The summed E-state index contributed by atoms with van der Waals surface area (Å²) < 4.78 is 0. The summed E-state index contributed by atoms with van der Waals surface area (Å²) in [6.45, 7) is 5.66. The van der Waals surface area contributed by atoms with Crippen molar-refractivity contribution in [3.63, 3.8) is 0 Å². The van der Waals surface area contributed by atoms with E-state index in [9.17, 15) is 4.79 Å². The summed E-state index contributed by atoms with van der Waals surface area (Å²) in [5.74, 6) is 0.136. The average molecular weight is 199 g/mol. The van der Waals surface area contributed by atoms with Crippen molar-refractivity contribution in [2.45, 2.75) is 32.6 Å². The molecule has 0 spiro atoms. The number of nitrogens with zero attached hydrogens (tertiary/aromatic N) is 1. The summed E-state index contributed by atoms with van der Waals surface area (Å²) in [6.07, 6.45) is 4.46. The molecule has 82 valence electrons. The van der Waals surface area contributed by atoms with E-state index in [1.807, 2.05) is 6.92 Å². The number of amides is 1. The highest BCUT2D eigenvalue weighted by Crippen LogP contribution is 2.05. The van der Waals surface area contributed by atoms with E-state index in [0.717, 1.165) is 26.2 Å². The Labute approximate surface area is 86.0 Å². The van der Waals surface area contributed by atoms with Crippen LogP contribution < -0.4 is 10.7 Å². The van der Waals surface area contributed by atoms with Gasteiger partial charge in [0.2, 0.25) is 5.91 Å². The van der Waals surface area contributed by atoms with E-state index in [-0.39, 0.29) is 5.91 Å². The Kier molecular flexibility index (Phi) is 5.56. The number of carbonyl (C=O) groups excluding carboxylic acids is 1. The van der Waals surface area contributed by atoms with Crippen LogP contribution in [0.2, 0.25) is 0 Å². The first-order valence-corrected chi connectivity index (χ1v) is 5.58. The first-order valence-electron chi connectivity index (χ1n) is 5.58.